The molecule has 0 aliphatic heterocycles. The van der Waals surface area contributed by atoms with E-state index in [1.165, 1.54) is 13.2 Å². The molecule has 0 spiro atoms. The lowest BCUT2D eigenvalue weighted by Crippen LogP contribution is -2.41. The summed E-state index contributed by atoms with van der Waals surface area (Å²) in [4.78, 5) is 12.0. The molecule has 5 nitrogen and oxygen atoms in total. The molecule has 0 aromatic heterocycles. The van der Waals surface area contributed by atoms with Crippen molar-refractivity contribution in [3.05, 3.63) is 23.8 Å². The number of para-hydroxylation sites is 1. The maximum absolute atomic E-state index is 12.0. The molecule has 1 atom stereocenters. The fourth-order valence-corrected chi connectivity index (χ4v) is 2.19. The van der Waals surface area contributed by atoms with Crippen LogP contribution in [0.4, 0.5) is 0 Å². The van der Waals surface area contributed by atoms with Crippen molar-refractivity contribution in [3.63, 3.8) is 0 Å². The predicted octanol–water partition coefficient (Wildman–Crippen LogP) is 1.93. The third kappa shape index (κ3) is 4.42. The van der Waals surface area contributed by atoms with E-state index < -0.39 is 11.5 Å². The number of rotatable bonds is 6. The zero-order valence-electron chi connectivity index (χ0n) is 12.4. The molecule has 3 N–H and O–H groups in total. The van der Waals surface area contributed by atoms with Crippen molar-refractivity contribution in [1.82, 2.24) is 5.32 Å². The van der Waals surface area contributed by atoms with Gasteiger partial charge in [-0.25, -0.2) is 0 Å². The Morgan fingerprint density at radius 2 is 2.10 bits per heavy atom. The van der Waals surface area contributed by atoms with Crippen LogP contribution in [0.5, 0.6) is 11.5 Å². The van der Waals surface area contributed by atoms with Crippen LogP contribution in [0.2, 0.25) is 0 Å². The first-order valence-corrected chi connectivity index (χ1v) is 6.63. The molecule has 1 aromatic carbocycles. The summed E-state index contributed by atoms with van der Waals surface area (Å²) in [6.45, 7) is 5.81. The molecule has 0 bridgehead atoms. The Hall–Kier alpha value is -1.75. The lowest BCUT2D eigenvalue weighted by Gasteiger charge is -2.25. The van der Waals surface area contributed by atoms with Gasteiger partial charge in [-0.3, -0.25) is 4.79 Å². The minimum absolute atomic E-state index is 0.126. The molecule has 0 heterocycles. The minimum Gasteiger partial charge on any atom is -0.504 e. The van der Waals surface area contributed by atoms with Crippen molar-refractivity contribution in [2.24, 2.45) is 5.92 Å². The first-order chi connectivity index (χ1) is 9.26. The number of hydrogen-bond acceptors (Lipinski definition) is 4. The molecule has 1 amide bonds. The molecule has 1 rings (SSSR count). The molecule has 0 aliphatic rings. The molecule has 0 saturated carbocycles. The smallest absolute Gasteiger partial charge is 0.255 e. The number of phenolic OH excluding ortho intramolecular Hbond substituents is 1. The fourth-order valence-electron chi connectivity index (χ4n) is 2.19. The highest BCUT2D eigenvalue weighted by Crippen LogP contribution is 2.29. The van der Waals surface area contributed by atoms with Gasteiger partial charge in [0.25, 0.3) is 5.91 Å². The third-order valence-electron chi connectivity index (χ3n) is 2.94. The molecular formula is C15H23NO4. The number of aromatic hydroxyl groups is 1. The van der Waals surface area contributed by atoms with Crippen LogP contribution >= 0.6 is 0 Å². The van der Waals surface area contributed by atoms with Gasteiger partial charge in [0, 0.05) is 6.54 Å². The molecule has 0 aliphatic carbocycles. The number of methoxy groups -OCH3 is 1. The van der Waals surface area contributed by atoms with Crippen LogP contribution in [-0.2, 0) is 0 Å². The number of benzene rings is 1. The molecule has 0 radical (unpaired) electrons. The molecule has 112 valence electrons. The third-order valence-corrected chi connectivity index (χ3v) is 2.94. The van der Waals surface area contributed by atoms with Gasteiger partial charge < -0.3 is 20.3 Å². The average molecular weight is 281 g/mol. The Morgan fingerprint density at radius 1 is 1.45 bits per heavy atom. The standard InChI is InChI=1S/C15H23NO4/c1-10(2)8-15(3,19)9-16-14(18)11-6-5-7-12(20-4)13(11)17/h5-7,10,17,19H,8-9H2,1-4H3,(H,16,18). The second kappa shape index (κ2) is 6.61. The van der Waals surface area contributed by atoms with Crippen molar-refractivity contribution in [2.75, 3.05) is 13.7 Å². The van der Waals surface area contributed by atoms with Crippen molar-refractivity contribution in [1.29, 1.82) is 0 Å². The molecule has 0 fully saturated rings. The Balaban J connectivity index is 2.73. The summed E-state index contributed by atoms with van der Waals surface area (Å²) in [6, 6.07) is 4.70. The van der Waals surface area contributed by atoms with Crippen LogP contribution in [0.3, 0.4) is 0 Å². The maximum Gasteiger partial charge on any atom is 0.255 e. The van der Waals surface area contributed by atoms with Crippen LogP contribution in [0.1, 0.15) is 37.6 Å². The van der Waals surface area contributed by atoms with E-state index in [4.69, 9.17) is 4.74 Å². The second-order valence-corrected chi connectivity index (χ2v) is 5.63. The number of carbonyl (C=O) groups is 1. The quantitative estimate of drug-likeness (QED) is 0.744. The molecule has 0 saturated heterocycles. The highest BCUT2D eigenvalue weighted by Gasteiger charge is 2.23. The van der Waals surface area contributed by atoms with Crippen LogP contribution in [-0.4, -0.2) is 35.4 Å². The van der Waals surface area contributed by atoms with Crippen LogP contribution in [0, 0.1) is 5.92 Å². The van der Waals surface area contributed by atoms with Crippen molar-refractivity contribution >= 4 is 5.91 Å². The van der Waals surface area contributed by atoms with E-state index in [-0.39, 0.29) is 23.6 Å². The van der Waals surface area contributed by atoms with E-state index in [1.54, 1.807) is 19.1 Å². The molecular weight excluding hydrogens is 258 g/mol. The van der Waals surface area contributed by atoms with Crippen LogP contribution in [0.15, 0.2) is 18.2 Å². The van der Waals surface area contributed by atoms with Crippen molar-refractivity contribution in [3.8, 4) is 11.5 Å². The monoisotopic (exact) mass is 281 g/mol. The van der Waals surface area contributed by atoms with Gasteiger partial charge in [-0.2, -0.15) is 0 Å². The molecule has 1 aromatic rings. The number of phenols is 1. The molecule has 20 heavy (non-hydrogen) atoms. The number of ether oxygens (including phenoxy) is 1. The van der Waals surface area contributed by atoms with Gasteiger partial charge in [0.05, 0.1) is 18.3 Å². The minimum atomic E-state index is -0.974. The zero-order chi connectivity index (χ0) is 15.3. The van der Waals surface area contributed by atoms with Gasteiger partial charge in [0.1, 0.15) is 0 Å². The summed E-state index contributed by atoms with van der Waals surface area (Å²) in [6.07, 6.45) is 0.581. The maximum atomic E-state index is 12.0. The highest BCUT2D eigenvalue weighted by molar-refractivity contribution is 5.97. The molecule has 1 unspecified atom stereocenters. The van der Waals surface area contributed by atoms with E-state index in [1.807, 2.05) is 13.8 Å². The summed E-state index contributed by atoms with van der Waals surface area (Å²) in [5.74, 6) is -0.0693. The fraction of sp³-hybridized carbons (Fsp3) is 0.533. The number of hydrogen-bond donors (Lipinski definition) is 3. The van der Waals surface area contributed by atoms with Gasteiger partial charge in [-0.1, -0.05) is 19.9 Å². The topological polar surface area (TPSA) is 78.8 Å². The summed E-state index contributed by atoms with van der Waals surface area (Å²) < 4.78 is 4.95. The van der Waals surface area contributed by atoms with Crippen molar-refractivity contribution in [2.45, 2.75) is 32.8 Å². The first-order valence-electron chi connectivity index (χ1n) is 6.63. The predicted molar refractivity (Wildman–Crippen MR) is 77.1 cm³/mol. The summed E-state index contributed by atoms with van der Waals surface area (Å²) in [5, 5.41) is 22.7. The van der Waals surface area contributed by atoms with Gasteiger partial charge in [-0.15, -0.1) is 0 Å². The first kappa shape index (κ1) is 16.3. The van der Waals surface area contributed by atoms with Gasteiger partial charge in [0.2, 0.25) is 0 Å². The number of nitrogens with one attached hydrogen (secondary N) is 1. The summed E-state index contributed by atoms with van der Waals surface area (Å²) in [7, 11) is 1.42. The Kier molecular flexibility index (Phi) is 5.39. The largest absolute Gasteiger partial charge is 0.504 e. The second-order valence-electron chi connectivity index (χ2n) is 5.63. The highest BCUT2D eigenvalue weighted by atomic mass is 16.5. The van der Waals surface area contributed by atoms with E-state index in [0.29, 0.717) is 12.3 Å². The lowest BCUT2D eigenvalue weighted by molar-refractivity contribution is 0.0368. The summed E-state index contributed by atoms with van der Waals surface area (Å²) in [5.41, 5.74) is -0.845. The van der Waals surface area contributed by atoms with Crippen molar-refractivity contribution < 1.29 is 19.7 Å². The number of aliphatic hydroxyl groups is 1. The van der Waals surface area contributed by atoms with Gasteiger partial charge in [-0.05, 0) is 31.4 Å². The van der Waals surface area contributed by atoms with Crippen LogP contribution < -0.4 is 10.1 Å². The number of carbonyl (C=O) groups excluding carboxylic acids is 1. The molecule has 5 heteroatoms. The SMILES string of the molecule is COc1cccc(C(=O)NCC(C)(O)CC(C)C)c1O. The van der Waals surface area contributed by atoms with E-state index in [9.17, 15) is 15.0 Å². The van der Waals surface area contributed by atoms with E-state index >= 15 is 0 Å². The lowest BCUT2D eigenvalue weighted by atomic mass is 9.94. The zero-order valence-corrected chi connectivity index (χ0v) is 12.4. The Labute approximate surface area is 119 Å². The normalized spacial score (nSPS) is 13.9. The van der Waals surface area contributed by atoms with Crippen LogP contribution in [0.25, 0.3) is 0 Å². The van der Waals surface area contributed by atoms with E-state index in [2.05, 4.69) is 5.32 Å². The summed E-state index contributed by atoms with van der Waals surface area (Å²) >= 11 is 0. The number of amides is 1. The van der Waals surface area contributed by atoms with Gasteiger partial charge >= 0.3 is 0 Å². The van der Waals surface area contributed by atoms with Gasteiger partial charge in [0.15, 0.2) is 11.5 Å². The average Bonchev–Trinajstić information content (AvgIpc) is 2.35. The Bertz CT molecular complexity index is 469. The van der Waals surface area contributed by atoms with E-state index in [0.717, 1.165) is 0 Å². The Morgan fingerprint density at radius 3 is 2.65 bits per heavy atom.